The Morgan fingerprint density at radius 2 is 2.08 bits per heavy atom. The summed E-state index contributed by atoms with van der Waals surface area (Å²) in [7, 11) is -2.27. The number of methoxy groups -OCH3 is 1. The van der Waals surface area contributed by atoms with Gasteiger partial charge in [-0.25, -0.2) is 28.4 Å². The van der Waals surface area contributed by atoms with Crippen molar-refractivity contribution in [1.82, 2.24) is 19.5 Å². The predicted octanol–water partition coefficient (Wildman–Crippen LogP) is 2.55. The Bertz CT molecular complexity index is 1590. The van der Waals surface area contributed by atoms with E-state index in [9.17, 15) is 13.5 Å². The van der Waals surface area contributed by atoms with Crippen molar-refractivity contribution in [2.45, 2.75) is 25.0 Å². The Morgan fingerprint density at radius 1 is 1.27 bits per heavy atom. The number of aromatic nitrogens is 4. The normalized spacial score (nSPS) is 15.9. The average Bonchev–Trinajstić information content (AvgIpc) is 3.27. The average molecular weight is 525 g/mol. The van der Waals surface area contributed by atoms with E-state index >= 15 is 0 Å². The molecule has 0 bridgehead atoms. The van der Waals surface area contributed by atoms with Crippen LogP contribution in [-0.2, 0) is 19.5 Å². The summed E-state index contributed by atoms with van der Waals surface area (Å²) >= 11 is 0. The lowest BCUT2D eigenvalue weighted by molar-refractivity contribution is 0.0984. The molecule has 2 aliphatic heterocycles. The van der Waals surface area contributed by atoms with Crippen molar-refractivity contribution in [1.29, 1.82) is 0 Å². The first-order valence-electron chi connectivity index (χ1n) is 11.6. The number of aliphatic imine (C=N–C) groups is 1. The Kier molecular flexibility index (Phi) is 6.68. The minimum absolute atomic E-state index is 0.00708. The maximum atomic E-state index is 13.0. The largest absolute Gasteiger partial charge is 0.506 e. The first-order valence-corrected chi connectivity index (χ1v) is 13.1. The number of aromatic hydroxyl groups is 1. The number of hydrogen-bond donors (Lipinski definition) is 2. The molecule has 5 rings (SSSR count). The fraction of sp³-hybridized carbons (Fsp3) is 0.333. The highest BCUT2D eigenvalue weighted by molar-refractivity contribution is 7.93. The third kappa shape index (κ3) is 4.81. The molecule has 2 aromatic heterocycles. The molecule has 0 atom stereocenters. The van der Waals surface area contributed by atoms with Crippen LogP contribution in [0.3, 0.4) is 0 Å². The van der Waals surface area contributed by atoms with Gasteiger partial charge in [0.2, 0.25) is 15.9 Å². The molecular formula is C24H24N6O6S. The summed E-state index contributed by atoms with van der Waals surface area (Å²) in [5.41, 5.74) is 6.59. The van der Waals surface area contributed by atoms with E-state index in [4.69, 9.17) is 14.2 Å². The molecule has 13 heteroatoms. The van der Waals surface area contributed by atoms with Crippen molar-refractivity contribution in [3.05, 3.63) is 47.8 Å². The second-order valence-electron chi connectivity index (χ2n) is 8.11. The zero-order valence-electron chi connectivity index (χ0n) is 20.1. The van der Waals surface area contributed by atoms with Crippen LogP contribution in [0.25, 0.3) is 22.7 Å². The number of sulfonamides is 1. The predicted molar refractivity (Wildman–Crippen MR) is 135 cm³/mol. The third-order valence-electron chi connectivity index (χ3n) is 5.76. The summed E-state index contributed by atoms with van der Waals surface area (Å²) in [5.74, 6) is 0.731. The monoisotopic (exact) mass is 524 g/mol. The van der Waals surface area contributed by atoms with Crippen LogP contribution in [0.15, 0.2) is 46.9 Å². The van der Waals surface area contributed by atoms with Crippen molar-refractivity contribution < 1.29 is 27.7 Å². The van der Waals surface area contributed by atoms with Crippen molar-refractivity contribution >= 4 is 38.7 Å². The van der Waals surface area contributed by atoms with Gasteiger partial charge in [0.05, 0.1) is 31.2 Å². The number of benzene rings is 1. The number of anilines is 1. The summed E-state index contributed by atoms with van der Waals surface area (Å²) in [6.45, 7) is 2.98. The van der Waals surface area contributed by atoms with Gasteiger partial charge in [-0.1, -0.05) is 11.8 Å². The van der Waals surface area contributed by atoms with E-state index in [0.717, 1.165) is 0 Å². The Morgan fingerprint density at radius 3 is 2.84 bits per heavy atom. The molecule has 0 radical (unpaired) electrons. The number of fused-ring (bicyclic) bond motifs is 1. The molecule has 4 heterocycles. The van der Waals surface area contributed by atoms with Crippen LogP contribution in [0.1, 0.15) is 25.6 Å². The van der Waals surface area contributed by atoms with Gasteiger partial charge in [0.1, 0.15) is 17.2 Å². The maximum Gasteiger partial charge on any atom is 0.236 e. The molecule has 0 unspecified atom stereocenters. The van der Waals surface area contributed by atoms with Crippen LogP contribution in [0.4, 0.5) is 5.82 Å². The topological polar surface area (TPSA) is 150 Å². The van der Waals surface area contributed by atoms with Crippen LogP contribution >= 0.6 is 0 Å². The quantitative estimate of drug-likeness (QED) is 0.445. The molecule has 37 heavy (non-hydrogen) atoms. The summed E-state index contributed by atoms with van der Waals surface area (Å²) < 4.78 is 46.3. The molecule has 0 amide bonds. The maximum absolute atomic E-state index is 13.0. The van der Waals surface area contributed by atoms with Gasteiger partial charge in [0.15, 0.2) is 28.6 Å². The molecule has 3 aromatic rings. The summed E-state index contributed by atoms with van der Waals surface area (Å²) in [5, 5.41) is 10.2. The van der Waals surface area contributed by atoms with E-state index in [1.165, 1.54) is 23.9 Å². The SMILES string of the molecule is CCOC1=NC(c2nc3ncc(NS(=O)(=O)C4CCOCC4)nc3n2-c2c(O)cccc2OC)=C=C=C1. The van der Waals surface area contributed by atoms with Gasteiger partial charge in [0.25, 0.3) is 0 Å². The zero-order valence-corrected chi connectivity index (χ0v) is 20.9. The molecule has 1 saturated heterocycles. The van der Waals surface area contributed by atoms with E-state index < -0.39 is 15.3 Å². The molecule has 0 aliphatic carbocycles. The molecule has 0 saturated carbocycles. The fourth-order valence-corrected chi connectivity index (χ4v) is 5.42. The minimum atomic E-state index is -3.74. The lowest BCUT2D eigenvalue weighted by Crippen LogP contribution is -2.33. The molecular weight excluding hydrogens is 500 g/mol. The lowest BCUT2D eigenvalue weighted by Gasteiger charge is -2.22. The summed E-state index contributed by atoms with van der Waals surface area (Å²) in [6.07, 6.45) is 3.61. The van der Waals surface area contributed by atoms with Gasteiger partial charge >= 0.3 is 0 Å². The number of imidazole rings is 1. The van der Waals surface area contributed by atoms with Gasteiger partial charge in [-0.15, -0.1) is 0 Å². The lowest BCUT2D eigenvalue weighted by atomic mass is 10.2. The van der Waals surface area contributed by atoms with Crippen molar-refractivity contribution in [2.24, 2.45) is 4.99 Å². The van der Waals surface area contributed by atoms with E-state index in [1.54, 1.807) is 18.2 Å². The Hall–Kier alpha value is -4.15. The van der Waals surface area contributed by atoms with Gasteiger partial charge < -0.3 is 19.3 Å². The van der Waals surface area contributed by atoms with Crippen LogP contribution in [-0.4, -0.2) is 71.1 Å². The molecule has 1 aromatic carbocycles. The minimum Gasteiger partial charge on any atom is -0.506 e. The van der Waals surface area contributed by atoms with Gasteiger partial charge in [-0.05, 0) is 37.6 Å². The van der Waals surface area contributed by atoms with E-state index in [2.05, 4.69) is 36.1 Å². The van der Waals surface area contributed by atoms with Crippen LogP contribution < -0.4 is 9.46 Å². The fourth-order valence-electron chi connectivity index (χ4n) is 4.05. The van der Waals surface area contributed by atoms with E-state index in [-0.39, 0.29) is 40.1 Å². The van der Waals surface area contributed by atoms with Crippen LogP contribution in [0.5, 0.6) is 11.5 Å². The molecule has 2 N–H and O–H groups in total. The van der Waals surface area contributed by atoms with Gasteiger partial charge in [-0.3, -0.25) is 9.29 Å². The number of phenolic OH excluding ortho intramolecular Hbond substituents is 1. The van der Waals surface area contributed by atoms with Crippen molar-refractivity contribution in [3.63, 3.8) is 0 Å². The number of ether oxygens (including phenoxy) is 3. The van der Waals surface area contributed by atoms with Crippen molar-refractivity contribution in [3.8, 4) is 17.2 Å². The van der Waals surface area contributed by atoms with Crippen LogP contribution in [0.2, 0.25) is 0 Å². The molecule has 192 valence electrons. The highest BCUT2D eigenvalue weighted by Crippen LogP contribution is 2.36. The number of nitrogens with zero attached hydrogens (tertiary/aromatic N) is 5. The molecule has 12 nitrogen and oxygen atoms in total. The highest BCUT2D eigenvalue weighted by Gasteiger charge is 2.29. The van der Waals surface area contributed by atoms with Crippen LogP contribution in [0, 0.1) is 0 Å². The van der Waals surface area contributed by atoms with E-state index in [1.807, 2.05) is 6.92 Å². The number of rotatable bonds is 7. The van der Waals surface area contributed by atoms with Gasteiger partial charge in [-0.2, -0.15) is 0 Å². The second kappa shape index (κ2) is 10.1. The van der Waals surface area contributed by atoms with Gasteiger partial charge in [0, 0.05) is 13.2 Å². The Labute approximate surface area is 212 Å². The number of para-hydroxylation sites is 1. The third-order valence-corrected chi connectivity index (χ3v) is 7.60. The first-order chi connectivity index (χ1) is 17.9. The second-order valence-corrected chi connectivity index (χ2v) is 10.1. The standard InChI is InChI=1S/C24H24N6O6S/c1-3-36-20-9-4-6-16(26-20)23-28-22-24(30(23)21-17(31)7-5-8-18(21)34-2)27-19(14-25-22)29-37(32,33)15-10-12-35-13-11-15/h5,7-9,14-15,31H,3,10-13H2,1-2H3,(H,27,29). The Balaban J connectivity index is 1.69. The summed E-state index contributed by atoms with van der Waals surface area (Å²) in [4.78, 5) is 17.9. The van der Waals surface area contributed by atoms with E-state index in [0.29, 0.717) is 44.3 Å². The summed E-state index contributed by atoms with van der Waals surface area (Å²) in [6, 6.07) is 4.78. The first kappa shape index (κ1) is 24.5. The number of nitrogens with one attached hydrogen (secondary N) is 1. The zero-order chi connectivity index (χ0) is 26.0. The highest BCUT2D eigenvalue weighted by atomic mass is 32.2. The number of phenols is 1. The number of hydrogen-bond acceptors (Lipinski definition) is 10. The smallest absolute Gasteiger partial charge is 0.236 e. The molecule has 0 spiro atoms. The molecule has 2 aliphatic rings. The van der Waals surface area contributed by atoms with Crippen molar-refractivity contribution in [2.75, 3.05) is 31.7 Å². The molecule has 1 fully saturated rings.